The fraction of sp³-hybridized carbons (Fsp3) is 0.538. The lowest BCUT2D eigenvalue weighted by Gasteiger charge is -2.21. The zero-order valence-electron chi connectivity index (χ0n) is 10.2. The number of likely N-dealkylation sites (N-methyl/N-ethyl adjacent to an activating group) is 1. The molecule has 0 unspecified atom stereocenters. The molecule has 0 amide bonds. The Morgan fingerprint density at radius 2 is 2.12 bits per heavy atom. The number of aromatic hydroxyl groups is 1. The van der Waals surface area contributed by atoms with Gasteiger partial charge in [-0.05, 0) is 37.7 Å². The first-order chi connectivity index (χ1) is 7.76. The Bertz CT molecular complexity index is 302. The molecule has 0 aromatic heterocycles. The molecule has 0 heterocycles. The molecule has 0 saturated heterocycles. The van der Waals surface area contributed by atoms with Crippen molar-refractivity contribution >= 4 is 0 Å². The molecule has 0 saturated carbocycles. The standard InChI is InChI=1S/C13H22N2O/c1-3-8-15(9-7-14-2)11-12-5-4-6-13(16)10-12/h4-6,10,14,16H,3,7-9,11H2,1-2H3. The fourth-order valence-corrected chi connectivity index (χ4v) is 1.77. The van der Waals surface area contributed by atoms with E-state index in [0.717, 1.165) is 32.6 Å². The van der Waals surface area contributed by atoms with Crippen LogP contribution in [0.15, 0.2) is 24.3 Å². The van der Waals surface area contributed by atoms with Crippen LogP contribution < -0.4 is 5.32 Å². The molecule has 2 N–H and O–H groups in total. The van der Waals surface area contributed by atoms with E-state index in [4.69, 9.17) is 0 Å². The van der Waals surface area contributed by atoms with E-state index in [2.05, 4.69) is 23.2 Å². The quantitative estimate of drug-likeness (QED) is 0.738. The van der Waals surface area contributed by atoms with E-state index in [1.54, 1.807) is 6.07 Å². The molecular weight excluding hydrogens is 200 g/mol. The van der Waals surface area contributed by atoms with Crippen molar-refractivity contribution in [2.45, 2.75) is 19.9 Å². The Kier molecular flexibility index (Phi) is 5.90. The third kappa shape index (κ3) is 4.64. The lowest BCUT2D eigenvalue weighted by molar-refractivity contribution is 0.267. The second-order valence-electron chi connectivity index (χ2n) is 4.05. The first-order valence-electron chi connectivity index (χ1n) is 5.91. The molecule has 3 heteroatoms. The van der Waals surface area contributed by atoms with Crippen molar-refractivity contribution in [1.29, 1.82) is 0 Å². The van der Waals surface area contributed by atoms with Crippen LogP contribution >= 0.6 is 0 Å². The predicted octanol–water partition coefficient (Wildman–Crippen LogP) is 1.82. The van der Waals surface area contributed by atoms with Crippen molar-refractivity contribution < 1.29 is 5.11 Å². The molecule has 0 spiro atoms. The molecule has 1 aromatic rings. The Balaban J connectivity index is 2.52. The summed E-state index contributed by atoms with van der Waals surface area (Å²) in [4.78, 5) is 2.39. The van der Waals surface area contributed by atoms with E-state index in [1.165, 1.54) is 5.56 Å². The summed E-state index contributed by atoms with van der Waals surface area (Å²) in [5.74, 6) is 0.350. The number of benzene rings is 1. The van der Waals surface area contributed by atoms with Crippen LogP contribution in [0.3, 0.4) is 0 Å². The van der Waals surface area contributed by atoms with Crippen LogP contribution in [0.5, 0.6) is 5.75 Å². The molecule has 0 fully saturated rings. The molecule has 1 rings (SSSR count). The first kappa shape index (κ1) is 13.0. The summed E-state index contributed by atoms with van der Waals surface area (Å²) in [5.41, 5.74) is 1.17. The van der Waals surface area contributed by atoms with Crippen LogP contribution in [0.4, 0.5) is 0 Å². The van der Waals surface area contributed by atoms with Crippen molar-refractivity contribution in [3.8, 4) is 5.75 Å². The molecule has 90 valence electrons. The molecule has 3 nitrogen and oxygen atoms in total. The zero-order valence-corrected chi connectivity index (χ0v) is 10.2. The average molecular weight is 222 g/mol. The van der Waals surface area contributed by atoms with Crippen LogP contribution in [-0.2, 0) is 6.54 Å². The smallest absolute Gasteiger partial charge is 0.115 e. The summed E-state index contributed by atoms with van der Waals surface area (Å²) in [5, 5.41) is 12.6. The lowest BCUT2D eigenvalue weighted by Crippen LogP contribution is -2.31. The summed E-state index contributed by atoms with van der Waals surface area (Å²) >= 11 is 0. The summed E-state index contributed by atoms with van der Waals surface area (Å²) < 4.78 is 0. The van der Waals surface area contributed by atoms with E-state index in [0.29, 0.717) is 5.75 Å². The van der Waals surface area contributed by atoms with Gasteiger partial charge in [-0.25, -0.2) is 0 Å². The van der Waals surface area contributed by atoms with Gasteiger partial charge in [-0.15, -0.1) is 0 Å². The predicted molar refractivity (Wildman–Crippen MR) is 67.6 cm³/mol. The maximum atomic E-state index is 9.40. The summed E-state index contributed by atoms with van der Waals surface area (Å²) in [6.45, 7) is 6.23. The van der Waals surface area contributed by atoms with E-state index in [9.17, 15) is 5.11 Å². The maximum absolute atomic E-state index is 9.40. The van der Waals surface area contributed by atoms with Crippen LogP contribution in [0.1, 0.15) is 18.9 Å². The highest BCUT2D eigenvalue weighted by atomic mass is 16.3. The molecular formula is C13H22N2O. The van der Waals surface area contributed by atoms with E-state index < -0.39 is 0 Å². The summed E-state index contributed by atoms with van der Waals surface area (Å²) in [6, 6.07) is 7.50. The number of phenols is 1. The average Bonchev–Trinajstić information content (AvgIpc) is 2.26. The number of nitrogens with one attached hydrogen (secondary N) is 1. The fourth-order valence-electron chi connectivity index (χ4n) is 1.77. The van der Waals surface area contributed by atoms with Crippen LogP contribution in [-0.4, -0.2) is 36.7 Å². The number of nitrogens with zero attached hydrogens (tertiary/aromatic N) is 1. The minimum Gasteiger partial charge on any atom is -0.508 e. The number of hydrogen-bond donors (Lipinski definition) is 2. The monoisotopic (exact) mass is 222 g/mol. The molecule has 0 radical (unpaired) electrons. The van der Waals surface area contributed by atoms with Gasteiger partial charge in [-0.1, -0.05) is 19.1 Å². The third-order valence-corrected chi connectivity index (χ3v) is 2.53. The minimum atomic E-state index is 0.350. The van der Waals surface area contributed by atoms with E-state index >= 15 is 0 Å². The molecule has 1 aromatic carbocycles. The SMILES string of the molecule is CCCN(CCNC)Cc1cccc(O)c1. The zero-order chi connectivity index (χ0) is 11.8. The van der Waals surface area contributed by atoms with E-state index in [-0.39, 0.29) is 0 Å². The summed E-state index contributed by atoms with van der Waals surface area (Å²) in [7, 11) is 1.97. The van der Waals surface area contributed by atoms with Crippen LogP contribution in [0.25, 0.3) is 0 Å². The van der Waals surface area contributed by atoms with Crippen LogP contribution in [0.2, 0.25) is 0 Å². The Hall–Kier alpha value is -1.06. The number of hydrogen-bond acceptors (Lipinski definition) is 3. The van der Waals surface area contributed by atoms with Gasteiger partial charge in [0.15, 0.2) is 0 Å². The normalized spacial score (nSPS) is 10.9. The highest BCUT2D eigenvalue weighted by molar-refractivity contribution is 5.26. The van der Waals surface area contributed by atoms with Gasteiger partial charge >= 0.3 is 0 Å². The van der Waals surface area contributed by atoms with Crippen molar-refractivity contribution in [2.24, 2.45) is 0 Å². The van der Waals surface area contributed by atoms with Gasteiger partial charge in [0, 0.05) is 19.6 Å². The van der Waals surface area contributed by atoms with Gasteiger partial charge in [-0.3, -0.25) is 4.90 Å². The molecule has 16 heavy (non-hydrogen) atoms. The van der Waals surface area contributed by atoms with Gasteiger partial charge in [0.1, 0.15) is 5.75 Å². The highest BCUT2D eigenvalue weighted by Gasteiger charge is 2.04. The van der Waals surface area contributed by atoms with Crippen molar-refractivity contribution in [2.75, 3.05) is 26.7 Å². The highest BCUT2D eigenvalue weighted by Crippen LogP contribution is 2.12. The molecule has 0 aliphatic rings. The Labute approximate surface area is 98.1 Å². The van der Waals surface area contributed by atoms with E-state index in [1.807, 2.05) is 19.2 Å². The van der Waals surface area contributed by atoms with Gasteiger partial charge < -0.3 is 10.4 Å². The lowest BCUT2D eigenvalue weighted by atomic mass is 10.2. The van der Waals surface area contributed by atoms with Crippen LogP contribution in [0, 0.1) is 0 Å². The third-order valence-electron chi connectivity index (χ3n) is 2.53. The molecule has 0 aliphatic carbocycles. The maximum Gasteiger partial charge on any atom is 0.115 e. The Morgan fingerprint density at radius 1 is 1.31 bits per heavy atom. The van der Waals surface area contributed by atoms with Gasteiger partial charge in [0.05, 0.1) is 0 Å². The largest absolute Gasteiger partial charge is 0.508 e. The Morgan fingerprint density at radius 3 is 2.75 bits per heavy atom. The van der Waals surface area contributed by atoms with Crippen molar-refractivity contribution in [1.82, 2.24) is 10.2 Å². The molecule has 0 bridgehead atoms. The number of rotatable bonds is 7. The van der Waals surface area contributed by atoms with Crippen molar-refractivity contribution in [3.63, 3.8) is 0 Å². The second-order valence-corrected chi connectivity index (χ2v) is 4.05. The van der Waals surface area contributed by atoms with Gasteiger partial charge in [-0.2, -0.15) is 0 Å². The van der Waals surface area contributed by atoms with Gasteiger partial charge in [0.2, 0.25) is 0 Å². The van der Waals surface area contributed by atoms with Crippen molar-refractivity contribution in [3.05, 3.63) is 29.8 Å². The molecule has 0 atom stereocenters. The summed E-state index contributed by atoms with van der Waals surface area (Å²) in [6.07, 6.45) is 1.16. The number of phenolic OH excluding ortho intramolecular Hbond substituents is 1. The minimum absolute atomic E-state index is 0.350. The first-order valence-corrected chi connectivity index (χ1v) is 5.91. The topological polar surface area (TPSA) is 35.5 Å². The van der Waals surface area contributed by atoms with Gasteiger partial charge in [0.25, 0.3) is 0 Å². The second kappa shape index (κ2) is 7.25. The molecule has 0 aliphatic heterocycles.